The average molecular weight is 592 g/mol. The lowest BCUT2D eigenvalue weighted by molar-refractivity contribution is -0.142. The second-order valence-electron chi connectivity index (χ2n) is 12.2. The van der Waals surface area contributed by atoms with Gasteiger partial charge in [-0.05, 0) is 76.3 Å². The molecule has 42 heavy (non-hydrogen) atoms. The van der Waals surface area contributed by atoms with Gasteiger partial charge in [0.2, 0.25) is 21.8 Å². The summed E-state index contributed by atoms with van der Waals surface area (Å²) in [5.41, 5.74) is 4.89. The molecule has 2 amide bonds. The highest BCUT2D eigenvalue weighted by molar-refractivity contribution is 7.92. The first-order chi connectivity index (χ1) is 19.6. The highest BCUT2D eigenvalue weighted by Gasteiger charge is 2.32. The van der Waals surface area contributed by atoms with Crippen molar-refractivity contribution in [1.29, 1.82) is 0 Å². The Hall–Kier alpha value is -3.65. The van der Waals surface area contributed by atoms with E-state index in [4.69, 9.17) is 0 Å². The summed E-state index contributed by atoms with van der Waals surface area (Å²) in [6.07, 6.45) is 1.95. The van der Waals surface area contributed by atoms with Crippen molar-refractivity contribution in [2.75, 3.05) is 17.1 Å². The normalized spacial score (nSPS) is 12.5. The monoisotopic (exact) mass is 591 g/mol. The quantitative estimate of drug-likeness (QED) is 0.292. The van der Waals surface area contributed by atoms with Gasteiger partial charge in [0.05, 0.1) is 11.9 Å². The molecule has 1 atom stereocenters. The third kappa shape index (κ3) is 9.72. The highest BCUT2D eigenvalue weighted by Crippen LogP contribution is 2.25. The Balaban J connectivity index is 1.92. The van der Waals surface area contributed by atoms with Gasteiger partial charge in [0.1, 0.15) is 6.04 Å². The average Bonchev–Trinajstić information content (AvgIpc) is 2.89. The zero-order valence-electron chi connectivity index (χ0n) is 26.0. The van der Waals surface area contributed by atoms with Crippen molar-refractivity contribution < 1.29 is 18.0 Å². The molecule has 0 radical (unpaired) electrons. The molecular weight excluding hydrogens is 546 g/mol. The first-order valence-electron chi connectivity index (χ1n) is 14.4. The molecule has 226 valence electrons. The molecule has 0 saturated heterocycles. The second-order valence-corrected chi connectivity index (χ2v) is 14.1. The van der Waals surface area contributed by atoms with Crippen molar-refractivity contribution in [3.05, 3.63) is 101 Å². The first-order valence-corrected chi connectivity index (χ1v) is 16.2. The number of carbonyl (C=O) groups excluding carboxylic acids is 2. The molecule has 3 rings (SSSR count). The third-order valence-electron chi connectivity index (χ3n) is 6.99. The number of carbonyl (C=O) groups is 2. The minimum absolute atomic E-state index is 0.0940. The number of anilines is 1. The van der Waals surface area contributed by atoms with E-state index in [1.165, 1.54) is 10.6 Å². The molecule has 0 saturated carbocycles. The lowest BCUT2D eigenvalue weighted by Gasteiger charge is -2.34. The van der Waals surface area contributed by atoms with Gasteiger partial charge in [-0.3, -0.25) is 13.9 Å². The predicted octanol–water partition coefficient (Wildman–Crippen LogP) is 5.71. The minimum atomic E-state index is -3.58. The Morgan fingerprint density at radius 1 is 0.857 bits per heavy atom. The van der Waals surface area contributed by atoms with Crippen LogP contribution in [0.5, 0.6) is 0 Å². The van der Waals surface area contributed by atoms with Crippen LogP contribution < -0.4 is 9.62 Å². The summed E-state index contributed by atoms with van der Waals surface area (Å²) in [4.78, 5) is 29.4. The smallest absolute Gasteiger partial charge is 0.243 e. The molecule has 0 aliphatic heterocycles. The molecule has 1 N–H and O–H groups in total. The Bertz CT molecular complexity index is 1480. The van der Waals surface area contributed by atoms with Crippen molar-refractivity contribution in [3.8, 4) is 0 Å². The van der Waals surface area contributed by atoms with Crippen molar-refractivity contribution >= 4 is 27.5 Å². The molecule has 0 bridgehead atoms. The molecule has 0 aromatic heterocycles. The molecule has 0 spiro atoms. The zero-order valence-corrected chi connectivity index (χ0v) is 26.8. The molecular formula is C34H45N3O4S. The fourth-order valence-electron chi connectivity index (χ4n) is 4.98. The summed E-state index contributed by atoms with van der Waals surface area (Å²) in [5, 5.41) is 3.08. The van der Waals surface area contributed by atoms with Gasteiger partial charge in [-0.2, -0.15) is 0 Å². The predicted molar refractivity (Wildman–Crippen MR) is 171 cm³/mol. The van der Waals surface area contributed by atoms with Crippen LogP contribution in [-0.4, -0.2) is 49.5 Å². The number of nitrogens with zero attached hydrogens (tertiary/aromatic N) is 2. The van der Waals surface area contributed by atoms with Crippen LogP contribution in [0.25, 0.3) is 0 Å². The Kier molecular flexibility index (Phi) is 11.0. The fourth-order valence-corrected chi connectivity index (χ4v) is 6.00. The van der Waals surface area contributed by atoms with Crippen LogP contribution in [0.4, 0.5) is 5.69 Å². The van der Waals surface area contributed by atoms with Gasteiger partial charge in [0.15, 0.2) is 0 Å². The Morgan fingerprint density at radius 3 is 2.12 bits per heavy atom. The van der Waals surface area contributed by atoms with Crippen molar-refractivity contribution in [2.24, 2.45) is 0 Å². The number of aryl methyl sites for hydroxylation is 3. The van der Waals surface area contributed by atoms with Crippen LogP contribution in [0.3, 0.4) is 0 Å². The molecule has 0 aliphatic carbocycles. The molecule has 0 unspecified atom stereocenters. The largest absolute Gasteiger partial charge is 0.350 e. The molecule has 7 nitrogen and oxygen atoms in total. The molecule has 0 fully saturated rings. The van der Waals surface area contributed by atoms with Crippen LogP contribution in [0.1, 0.15) is 61.4 Å². The first kappa shape index (κ1) is 32.9. The molecule has 0 heterocycles. The van der Waals surface area contributed by atoms with E-state index in [1.807, 2.05) is 114 Å². The van der Waals surface area contributed by atoms with E-state index >= 15 is 0 Å². The Morgan fingerprint density at radius 2 is 1.50 bits per heavy atom. The van der Waals surface area contributed by atoms with Gasteiger partial charge in [-0.15, -0.1) is 0 Å². The topological polar surface area (TPSA) is 86.8 Å². The number of rotatable bonds is 12. The van der Waals surface area contributed by atoms with Gasteiger partial charge < -0.3 is 10.2 Å². The van der Waals surface area contributed by atoms with E-state index in [1.54, 1.807) is 4.90 Å². The maximum atomic E-state index is 14.0. The zero-order chi connectivity index (χ0) is 31.1. The van der Waals surface area contributed by atoms with Crippen LogP contribution in [0.15, 0.2) is 72.8 Å². The van der Waals surface area contributed by atoms with E-state index in [-0.39, 0.29) is 31.3 Å². The van der Waals surface area contributed by atoms with Crippen molar-refractivity contribution in [1.82, 2.24) is 10.2 Å². The molecule has 3 aromatic carbocycles. The number of benzene rings is 3. The van der Waals surface area contributed by atoms with Gasteiger partial charge in [0, 0.05) is 31.5 Å². The maximum Gasteiger partial charge on any atom is 0.243 e. The number of sulfonamides is 1. The van der Waals surface area contributed by atoms with Crippen LogP contribution in [0, 0.1) is 20.8 Å². The van der Waals surface area contributed by atoms with Crippen LogP contribution in [0.2, 0.25) is 0 Å². The maximum absolute atomic E-state index is 14.0. The summed E-state index contributed by atoms with van der Waals surface area (Å²) in [6, 6.07) is 22.6. The van der Waals surface area contributed by atoms with Gasteiger partial charge in [-0.25, -0.2) is 8.42 Å². The SMILES string of the molecule is Cc1cccc(CN(C(=O)CCCN(c2cc(C)ccc2C)S(C)(=O)=O)[C@@H](Cc2ccccc2)C(=O)NC(C)(C)C)c1. The summed E-state index contributed by atoms with van der Waals surface area (Å²) in [7, 11) is -3.58. The fraction of sp³-hybridized carbons (Fsp3) is 0.412. The summed E-state index contributed by atoms with van der Waals surface area (Å²) >= 11 is 0. The summed E-state index contributed by atoms with van der Waals surface area (Å²) < 4.78 is 27.0. The second kappa shape index (κ2) is 14.0. The number of amides is 2. The molecule has 8 heteroatoms. The lowest BCUT2D eigenvalue weighted by atomic mass is 10.00. The van der Waals surface area contributed by atoms with E-state index < -0.39 is 21.6 Å². The van der Waals surface area contributed by atoms with Gasteiger partial charge in [0.25, 0.3) is 0 Å². The van der Waals surface area contributed by atoms with E-state index in [0.717, 1.165) is 27.8 Å². The van der Waals surface area contributed by atoms with Crippen molar-refractivity contribution in [2.45, 2.75) is 78.9 Å². The molecule has 3 aromatic rings. The van der Waals surface area contributed by atoms with E-state index in [9.17, 15) is 18.0 Å². The lowest BCUT2D eigenvalue weighted by Crippen LogP contribution is -2.54. The van der Waals surface area contributed by atoms with Crippen molar-refractivity contribution in [3.63, 3.8) is 0 Å². The third-order valence-corrected chi connectivity index (χ3v) is 8.17. The van der Waals surface area contributed by atoms with Crippen LogP contribution in [-0.2, 0) is 32.6 Å². The summed E-state index contributed by atoms with van der Waals surface area (Å²) in [6.45, 7) is 12.0. The summed E-state index contributed by atoms with van der Waals surface area (Å²) in [5.74, 6) is -0.420. The Labute approximate surface area is 252 Å². The van der Waals surface area contributed by atoms with Gasteiger partial charge >= 0.3 is 0 Å². The highest BCUT2D eigenvalue weighted by atomic mass is 32.2. The molecule has 0 aliphatic rings. The standard InChI is InChI=1S/C34H45N3O4S/c1-25-13-11-16-29(21-25)24-36(31(33(39)35-34(4,5)6)23-28-14-9-8-10-15-28)32(38)17-12-20-37(42(7,40)41)30-22-26(2)18-19-27(30)3/h8-11,13-16,18-19,21-22,31H,12,17,20,23-24H2,1-7H3,(H,35,39)/t31-/m0/s1. The number of nitrogens with one attached hydrogen (secondary N) is 1. The van der Waals surface area contributed by atoms with Gasteiger partial charge in [-0.1, -0.05) is 72.3 Å². The van der Waals surface area contributed by atoms with E-state index in [2.05, 4.69) is 5.32 Å². The van der Waals surface area contributed by atoms with E-state index in [0.29, 0.717) is 18.5 Å². The van der Waals surface area contributed by atoms with Crippen LogP contribution >= 0.6 is 0 Å². The number of hydrogen-bond donors (Lipinski definition) is 1. The number of hydrogen-bond acceptors (Lipinski definition) is 4. The minimum Gasteiger partial charge on any atom is -0.350 e.